The van der Waals surface area contributed by atoms with E-state index in [9.17, 15) is 4.79 Å². The van der Waals surface area contributed by atoms with E-state index in [1.165, 1.54) is 11.1 Å². The van der Waals surface area contributed by atoms with Gasteiger partial charge in [-0.1, -0.05) is 48.5 Å². The molecule has 3 aromatic rings. The van der Waals surface area contributed by atoms with E-state index in [0.717, 1.165) is 38.0 Å². The molecule has 0 atom stereocenters. The van der Waals surface area contributed by atoms with Crippen molar-refractivity contribution in [3.63, 3.8) is 0 Å². The van der Waals surface area contributed by atoms with Crippen LogP contribution < -0.4 is 5.76 Å². The van der Waals surface area contributed by atoms with E-state index < -0.39 is 0 Å². The summed E-state index contributed by atoms with van der Waals surface area (Å²) in [5, 5.41) is 0. The molecule has 2 aromatic carbocycles. The lowest BCUT2D eigenvalue weighted by Gasteiger charge is -2.26. The van der Waals surface area contributed by atoms with Crippen LogP contribution in [0.3, 0.4) is 0 Å². The molecule has 1 aliphatic rings. The smallest absolute Gasteiger partial charge is 0.408 e. The minimum absolute atomic E-state index is 0.258. The van der Waals surface area contributed by atoms with Crippen LogP contribution in [0.15, 0.2) is 69.9 Å². The van der Waals surface area contributed by atoms with Crippen molar-refractivity contribution in [3.05, 3.63) is 76.8 Å². The molecule has 4 heteroatoms. The maximum Gasteiger partial charge on any atom is 0.419 e. The van der Waals surface area contributed by atoms with E-state index in [0.29, 0.717) is 12.1 Å². The Morgan fingerprint density at radius 3 is 2.56 bits per heavy atom. The Balaban J connectivity index is 1.35. The molecule has 0 amide bonds. The summed E-state index contributed by atoms with van der Waals surface area (Å²) in [7, 11) is 0. The zero-order valence-electron chi connectivity index (χ0n) is 14.2. The molecule has 0 N–H and O–H groups in total. The molecule has 2 heterocycles. The van der Waals surface area contributed by atoms with Crippen LogP contribution in [0.1, 0.15) is 18.4 Å². The van der Waals surface area contributed by atoms with Crippen LogP contribution in [0.25, 0.3) is 16.7 Å². The predicted octanol–water partition coefficient (Wildman–Crippen LogP) is 3.77. The third-order valence-electron chi connectivity index (χ3n) is 4.87. The molecule has 128 valence electrons. The van der Waals surface area contributed by atoms with Crippen molar-refractivity contribution < 1.29 is 4.42 Å². The highest BCUT2D eigenvalue weighted by Crippen LogP contribution is 2.22. The fourth-order valence-electron chi connectivity index (χ4n) is 3.51. The summed E-state index contributed by atoms with van der Waals surface area (Å²) >= 11 is 0. The number of aryl methyl sites for hydroxylation is 1. The number of hydrogen-bond donors (Lipinski definition) is 0. The number of nitrogens with zero attached hydrogens (tertiary/aromatic N) is 2. The molecule has 4 nitrogen and oxygen atoms in total. The molecule has 0 fully saturated rings. The summed E-state index contributed by atoms with van der Waals surface area (Å²) in [5.74, 6) is -0.258. The number of benzene rings is 2. The van der Waals surface area contributed by atoms with E-state index in [-0.39, 0.29) is 5.76 Å². The molecule has 0 radical (unpaired) electrons. The number of aromatic nitrogens is 1. The highest BCUT2D eigenvalue weighted by Gasteiger charge is 2.13. The van der Waals surface area contributed by atoms with Crippen LogP contribution >= 0.6 is 0 Å². The first kappa shape index (κ1) is 15.9. The molecule has 1 aromatic heterocycles. The van der Waals surface area contributed by atoms with E-state index >= 15 is 0 Å². The Labute approximate surface area is 147 Å². The van der Waals surface area contributed by atoms with Gasteiger partial charge in [-0.3, -0.25) is 9.47 Å². The number of rotatable bonds is 5. The van der Waals surface area contributed by atoms with Gasteiger partial charge in [-0.15, -0.1) is 0 Å². The SMILES string of the molecule is O=c1oc2ccccc2n1CCCN1CC=C(c2ccccc2)CC1. The fourth-order valence-corrected chi connectivity index (χ4v) is 3.51. The van der Waals surface area contributed by atoms with Crippen LogP contribution in [0.2, 0.25) is 0 Å². The highest BCUT2D eigenvalue weighted by molar-refractivity contribution is 5.72. The van der Waals surface area contributed by atoms with E-state index in [4.69, 9.17) is 4.42 Å². The van der Waals surface area contributed by atoms with Gasteiger partial charge >= 0.3 is 5.76 Å². The average molecular weight is 334 g/mol. The number of fused-ring (bicyclic) bond motifs is 1. The van der Waals surface area contributed by atoms with Gasteiger partial charge in [-0.2, -0.15) is 0 Å². The monoisotopic (exact) mass is 334 g/mol. The van der Waals surface area contributed by atoms with Crippen molar-refractivity contribution in [2.45, 2.75) is 19.4 Å². The van der Waals surface area contributed by atoms with E-state index in [1.807, 2.05) is 24.3 Å². The van der Waals surface area contributed by atoms with Crippen molar-refractivity contribution in [3.8, 4) is 0 Å². The predicted molar refractivity (Wildman–Crippen MR) is 101 cm³/mol. The van der Waals surface area contributed by atoms with Crippen molar-refractivity contribution in [2.75, 3.05) is 19.6 Å². The Morgan fingerprint density at radius 2 is 1.76 bits per heavy atom. The van der Waals surface area contributed by atoms with Crippen molar-refractivity contribution in [2.24, 2.45) is 0 Å². The first-order valence-electron chi connectivity index (χ1n) is 8.86. The molecular formula is C21H22N2O2. The molecule has 25 heavy (non-hydrogen) atoms. The lowest BCUT2D eigenvalue weighted by atomic mass is 9.99. The van der Waals surface area contributed by atoms with Crippen LogP contribution in [0.5, 0.6) is 0 Å². The van der Waals surface area contributed by atoms with Crippen molar-refractivity contribution in [1.29, 1.82) is 0 Å². The number of hydrogen-bond acceptors (Lipinski definition) is 3. The minimum atomic E-state index is -0.258. The van der Waals surface area contributed by atoms with Crippen LogP contribution in [0, 0.1) is 0 Å². The topological polar surface area (TPSA) is 38.4 Å². The van der Waals surface area contributed by atoms with Gasteiger partial charge in [0.15, 0.2) is 5.58 Å². The first-order chi connectivity index (χ1) is 12.3. The fraction of sp³-hybridized carbons (Fsp3) is 0.286. The molecule has 0 saturated heterocycles. The molecule has 0 spiro atoms. The normalized spacial score (nSPS) is 15.4. The lowest BCUT2D eigenvalue weighted by molar-refractivity contribution is 0.290. The zero-order chi connectivity index (χ0) is 17.1. The highest BCUT2D eigenvalue weighted by atomic mass is 16.4. The van der Waals surface area contributed by atoms with E-state index in [2.05, 4.69) is 41.3 Å². The maximum atomic E-state index is 12.0. The standard InChI is InChI=1S/C21H22N2O2/c24-21-23(19-9-4-5-10-20(19)25-21)14-6-13-22-15-11-18(12-16-22)17-7-2-1-3-8-17/h1-5,7-11H,6,12-16H2. The quantitative estimate of drug-likeness (QED) is 0.713. The van der Waals surface area contributed by atoms with Gasteiger partial charge in [0.25, 0.3) is 0 Å². The summed E-state index contributed by atoms with van der Waals surface area (Å²) in [6, 6.07) is 18.2. The summed E-state index contributed by atoms with van der Waals surface area (Å²) < 4.78 is 7.03. The molecule has 4 rings (SSSR count). The van der Waals surface area contributed by atoms with Crippen LogP contribution in [-0.2, 0) is 6.54 Å². The van der Waals surface area contributed by atoms with Crippen LogP contribution in [-0.4, -0.2) is 29.1 Å². The third-order valence-corrected chi connectivity index (χ3v) is 4.87. The summed E-state index contributed by atoms with van der Waals surface area (Å²) in [6.07, 6.45) is 4.36. The van der Waals surface area contributed by atoms with Gasteiger partial charge in [0.1, 0.15) is 0 Å². The van der Waals surface area contributed by atoms with E-state index in [1.54, 1.807) is 4.57 Å². The Kier molecular flexibility index (Phi) is 4.53. The summed E-state index contributed by atoms with van der Waals surface area (Å²) in [5.41, 5.74) is 4.32. The van der Waals surface area contributed by atoms with Gasteiger partial charge in [-0.25, -0.2) is 4.79 Å². The second-order valence-electron chi connectivity index (χ2n) is 6.49. The molecule has 0 aliphatic carbocycles. The lowest BCUT2D eigenvalue weighted by Crippen LogP contribution is -2.30. The van der Waals surface area contributed by atoms with Gasteiger partial charge < -0.3 is 4.42 Å². The summed E-state index contributed by atoms with van der Waals surface area (Å²) in [6.45, 7) is 3.74. The minimum Gasteiger partial charge on any atom is -0.408 e. The Morgan fingerprint density at radius 1 is 0.960 bits per heavy atom. The number of oxazole rings is 1. The molecule has 0 bridgehead atoms. The van der Waals surface area contributed by atoms with Crippen molar-refractivity contribution in [1.82, 2.24) is 9.47 Å². The van der Waals surface area contributed by atoms with Gasteiger partial charge in [0.05, 0.1) is 5.52 Å². The number of para-hydroxylation sites is 2. The van der Waals surface area contributed by atoms with Crippen LogP contribution in [0.4, 0.5) is 0 Å². The average Bonchev–Trinajstić information content (AvgIpc) is 2.99. The molecule has 0 saturated carbocycles. The Bertz CT molecular complexity index is 937. The van der Waals surface area contributed by atoms with Gasteiger partial charge in [-0.05, 0) is 36.1 Å². The third kappa shape index (κ3) is 3.44. The second-order valence-corrected chi connectivity index (χ2v) is 6.49. The van der Waals surface area contributed by atoms with Gasteiger partial charge in [0, 0.05) is 26.2 Å². The summed E-state index contributed by atoms with van der Waals surface area (Å²) in [4.78, 5) is 14.4. The molecular weight excluding hydrogens is 312 g/mol. The first-order valence-corrected chi connectivity index (χ1v) is 8.86. The van der Waals surface area contributed by atoms with Crippen molar-refractivity contribution >= 4 is 16.7 Å². The largest absolute Gasteiger partial charge is 0.419 e. The maximum absolute atomic E-state index is 12.0. The van der Waals surface area contributed by atoms with Gasteiger partial charge in [0.2, 0.25) is 0 Å². The second kappa shape index (κ2) is 7.11. The molecule has 0 unspecified atom stereocenters. The zero-order valence-corrected chi connectivity index (χ0v) is 14.2. The molecule has 1 aliphatic heterocycles. The Hall–Kier alpha value is -2.59.